The van der Waals surface area contributed by atoms with Gasteiger partial charge in [0, 0.05) is 0 Å². The van der Waals surface area contributed by atoms with Crippen molar-refractivity contribution in [1.82, 2.24) is 9.55 Å². The fourth-order valence-electron chi connectivity index (χ4n) is 2.99. The molecule has 0 bridgehead atoms. The molecule has 0 fully saturated rings. The molecule has 0 unspecified atom stereocenters. The molecule has 0 aliphatic carbocycles. The topological polar surface area (TPSA) is 61.2 Å². The van der Waals surface area contributed by atoms with Crippen LogP contribution in [0.1, 0.15) is 26.5 Å². The first-order valence-electron chi connectivity index (χ1n) is 8.73. The second-order valence-electron chi connectivity index (χ2n) is 6.19. The quantitative estimate of drug-likeness (QED) is 0.412. The predicted molar refractivity (Wildman–Crippen MR) is 111 cm³/mol. The average Bonchev–Trinajstić information content (AvgIpc) is 3.10. The molecule has 0 radical (unpaired) electrons. The lowest BCUT2D eigenvalue weighted by molar-refractivity contribution is 0.0456. The zero-order valence-corrected chi connectivity index (χ0v) is 16.5. The second-order valence-corrected chi connectivity index (χ2v) is 7.01. The summed E-state index contributed by atoms with van der Waals surface area (Å²) in [5.41, 5.74) is 1.78. The maximum atomic E-state index is 13.2. The molecular formula is C22H14Cl2N2O3. The number of hydrogen-bond acceptors (Lipinski definition) is 4. The van der Waals surface area contributed by atoms with Crippen molar-refractivity contribution in [2.24, 2.45) is 0 Å². The molecule has 0 atom stereocenters. The molecule has 0 amide bonds. The van der Waals surface area contributed by atoms with Crippen molar-refractivity contribution in [3.05, 3.63) is 99.8 Å². The van der Waals surface area contributed by atoms with Gasteiger partial charge in [0.25, 0.3) is 5.91 Å². The van der Waals surface area contributed by atoms with E-state index in [2.05, 4.69) is 4.98 Å². The summed E-state index contributed by atoms with van der Waals surface area (Å²) in [4.78, 5) is 30.1. The van der Waals surface area contributed by atoms with Gasteiger partial charge >= 0.3 is 5.97 Å². The molecule has 1 heterocycles. The molecule has 0 spiro atoms. The van der Waals surface area contributed by atoms with E-state index in [1.807, 2.05) is 6.07 Å². The predicted octanol–water partition coefficient (Wildman–Crippen LogP) is 5.39. The molecule has 0 aliphatic heterocycles. The number of hydrogen-bond donors (Lipinski definition) is 0. The molecule has 0 saturated carbocycles. The van der Waals surface area contributed by atoms with E-state index in [1.165, 1.54) is 4.57 Å². The minimum absolute atomic E-state index is 0.199. The summed E-state index contributed by atoms with van der Waals surface area (Å²) < 4.78 is 6.80. The zero-order valence-electron chi connectivity index (χ0n) is 15.0. The molecule has 144 valence electrons. The highest BCUT2D eigenvalue weighted by Crippen LogP contribution is 2.23. The van der Waals surface area contributed by atoms with Gasteiger partial charge in [0.2, 0.25) is 0 Å². The van der Waals surface area contributed by atoms with E-state index in [0.29, 0.717) is 21.6 Å². The lowest BCUT2D eigenvalue weighted by Gasteiger charge is -2.10. The van der Waals surface area contributed by atoms with Crippen LogP contribution in [0, 0.1) is 0 Å². The number of fused-ring (bicyclic) bond motifs is 1. The first-order valence-corrected chi connectivity index (χ1v) is 9.49. The Balaban J connectivity index is 1.71. The largest absolute Gasteiger partial charge is 0.454 e. The van der Waals surface area contributed by atoms with Crippen LogP contribution >= 0.6 is 23.2 Å². The summed E-state index contributed by atoms with van der Waals surface area (Å²) >= 11 is 12.3. The Morgan fingerprint density at radius 2 is 1.41 bits per heavy atom. The van der Waals surface area contributed by atoms with Crippen LogP contribution in [0.4, 0.5) is 0 Å². The van der Waals surface area contributed by atoms with Crippen LogP contribution in [0.2, 0.25) is 10.0 Å². The molecule has 3 aromatic carbocycles. The fourth-order valence-corrected chi connectivity index (χ4v) is 3.42. The number of esters is 1. The lowest BCUT2D eigenvalue weighted by Crippen LogP contribution is -2.17. The first-order chi connectivity index (χ1) is 14.1. The van der Waals surface area contributed by atoms with Gasteiger partial charge in [-0.15, -0.1) is 0 Å². The Morgan fingerprint density at radius 3 is 2.10 bits per heavy atom. The molecule has 4 aromatic rings. The van der Waals surface area contributed by atoms with Gasteiger partial charge in [0.05, 0.1) is 32.2 Å². The van der Waals surface area contributed by atoms with Gasteiger partial charge in [-0.25, -0.2) is 9.78 Å². The van der Waals surface area contributed by atoms with Gasteiger partial charge in [0.1, 0.15) is 6.61 Å². The highest BCUT2D eigenvalue weighted by atomic mass is 35.5. The maximum Gasteiger partial charge on any atom is 0.340 e. The minimum Gasteiger partial charge on any atom is -0.454 e. The standard InChI is InChI=1S/C22H14Cl2N2O3/c23-16-9-3-1-7-14(16)21(27)26-19-12-6-5-11-18(19)25-20(26)13-29-22(28)15-8-2-4-10-17(15)24/h1-12H,13H2. The highest BCUT2D eigenvalue weighted by molar-refractivity contribution is 6.34. The van der Waals surface area contributed by atoms with E-state index in [0.717, 1.165) is 0 Å². The van der Waals surface area contributed by atoms with Crippen molar-refractivity contribution in [3.8, 4) is 0 Å². The summed E-state index contributed by atoms with van der Waals surface area (Å²) in [7, 11) is 0. The minimum atomic E-state index is -0.598. The molecule has 0 saturated heterocycles. The fraction of sp³-hybridized carbons (Fsp3) is 0.0455. The van der Waals surface area contributed by atoms with Crippen molar-refractivity contribution in [3.63, 3.8) is 0 Å². The number of ether oxygens (including phenoxy) is 1. The molecule has 0 aliphatic rings. The third-order valence-electron chi connectivity index (χ3n) is 4.36. The summed E-state index contributed by atoms with van der Waals surface area (Å²) in [5, 5.41) is 0.618. The second kappa shape index (κ2) is 8.07. The van der Waals surface area contributed by atoms with E-state index >= 15 is 0 Å². The first kappa shape index (κ1) is 19.2. The van der Waals surface area contributed by atoms with Crippen LogP contribution in [0.15, 0.2) is 72.8 Å². The molecule has 1 aromatic heterocycles. The van der Waals surface area contributed by atoms with Crippen molar-refractivity contribution < 1.29 is 14.3 Å². The van der Waals surface area contributed by atoms with Crippen LogP contribution in [-0.2, 0) is 11.3 Å². The summed E-state index contributed by atoms with van der Waals surface area (Å²) in [6, 6.07) is 20.5. The van der Waals surface area contributed by atoms with Crippen LogP contribution in [0.25, 0.3) is 11.0 Å². The van der Waals surface area contributed by atoms with Crippen LogP contribution in [0.3, 0.4) is 0 Å². The number of nitrogens with zero attached hydrogens (tertiary/aromatic N) is 2. The number of carbonyl (C=O) groups is 2. The Labute approximate surface area is 176 Å². The van der Waals surface area contributed by atoms with Gasteiger partial charge in [-0.05, 0) is 36.4 Å². The van der Waals surface area contributed by atoms with Gasteiger partial charge in [-0.1, -0.05) is 59.6 Å². The number of aromatic nitrogens is 2. The maximum absolute atomic E-state index is 13.2. The van der Waals surface area contributed by atoms with Gasteiger partial charge in [-0.2, -0.15) is 0 Å². The van der Waals surface area contributed by atoms with Crippen LogP contribution in [0.5, 0.6) is 0 Å². The molecular weight excluding hydrogens is 411 g/mol. The Bertz CT molecular complexity index is 1230. The third-order valence-corrected chi connectivity index (χ3v) is 5.02. The van der Waals surface area contributed by atoms with Crippen molar-refractivity contribution >= 4 is 46.1 Å². The number of imidazole rings is 1. The molecule has 7 heteroatoms. The van der Waals surface area contributed by atoms with Crippen molar-refractivity contribution in [1.29, 1.82) is 0 Å². The van der Waals surface area contributed by atoms with Gasteiger partial charge in [-0.3, -0.25) is 9.36 Å². The zero-order chi connectivity index (χ0) is 20.4. The van der Waals surface area contributed by atoms with Crippen molar-refractivity contribution in [2.45, 2.75) is 6.61 Å². The van der Waals surface area contributed by atoms with Crippen LogP contribution < -0.4 is 0 Å². The molecule has 4 rings (SSSR count). The summed E-state index contributed by atoms with van der Waals surface area (Å²) in [6.07, 6.45) is 0. The van der Waals surface area contributed by atoms with E-state index in [4.69, 9.17) is 27.9 Å². The van der Waals surface area contributed by atoms with Crippen molar-refractivity contribution in [2.75, 3.05) is 0 Å². The lowest BCUT2D eigenvalue weighted by atomic mass is 10.2. The van der Waals surface area contributed by atoms with E-state index in [-0.39, 0.29) is 28.9 Å². The summed E-state index contributed by atoms with van der Waals surface area (Å²) in [5.74, 6) is -0.663. The number of halogens is 2. The van der Waals surface area contributed by atoms with E-state index in [1.54, 1.807) is 66.7 Å². The molecule has 29 heavy (non-hydrogen) atoms. The third kappa shape index (κ3) is 3.75. The number of benzene rings is 3. The van der Waals surface area contributed by atoms with Gasteiger partial charge in [0.15, 0.2) is 5.82 Å². The normalized spacial score (nSPS) is 10.8. The Kier molecular flexibility index (Phi) is 5.34. The van der Waals surface area contributed by atoms with E-state index < -0.39 is 5.97 Å². The number of para-hydroxylation sites is 2. The molecule has 0 N–H and O–H groups in total. The Morgan fingerprint density at radius 1 is 0.828 bits per heavy atom. The average molecular weight is 425 g/mol. The van der Waals surface area contributed by atoms with Crippen LogP contribution in [-0.4, -0.2) is 21.4 Å². The number of carbonyl (C=O) groups excluding carboxylic acids is 2. The summed E-state index contributed by atoms with van der Waals surface area (Å²) in [6.45, 7) is -0.199. The Hall–Kier alpha value is -3.15. The van der Waals surface area contributed by atoms with Gasteiger partial charge < -0.3 is 4.74 Å². The highest BCUT2D eigenvalue weighted by Gasteiger charge is 2.21. The smallest absolute Gasteiger partial charge is 0.340 e. The molecule has 5 nitrogen and oxygen atoms in total. The SMILES string of the molecule is O=C(OCc1nc2ccccc2n1C(=O)c1ccccc1Cl)c1ccccc1Cl. The van der Waals surface area contributed by atoms with E-state index in [9.17, 15) is 9.59 Å². The number of rotatable bonds is 4. The monoisotopic (exact) mass is 424 g/mol.